The molecular formula is C13H19FN2O2S. The Labute approximate surface area is 116 Å². The zero-order chi connectivity index (χ0) is 14.3. The van der Waals surface area contributed by atoms with Crippen molar-refractivity contribution >= 4 is 23.5 Å². The quantitative estimate of drug-likeness (QED) is 0.705. The lowest BCUT2D eigenvalue weighted by atomic mass is 10.2. The van der Waals surface area contributed by atoms with Crippen molar-refractivity contribution in [3.63, 3.8) is 0 Å². The standard InChI is InChI=1S/C13H19FN2O2S/c1-3-10(17)6-7-15-13(18)16-9-4-5-12(19-2)11(14)8-9/h4-5,8,10,17H,3,6-7H2,1-2H3,(H2,15,16,18). The molecule has 0 aliphatic carbocycles. The Morgan fingerprint density at radius 3 is 2.84 bits per heavy atom. The Morgan fingerprint density at radius 1 is 1.53 bits per heavy atom. The molecular weight excluding hydrogens is 267 g/mol. The van der Waals surface area contributed by atoms with Crippen LogP contribution >= 0.6 is 11.8 Å². The van der Waals surface area contributed by atoms with Crippen molar-refractivity contribution in [3.8, 4) is 0 Å². The van der Waals surface area contributed by atoms with Gasteiger partial charge in [-0.1, -0.05) is 6.92 Å². The maximum absolute atomic E-state index is 13.5. The molecule has 3 N–H and O–H groups in total. The van der Waals surface area contributed by atoms with Crippen LogP contribution in [0.5, 0.6) is 0 Å². The number of amides is 2. The van der Waals surface area contributed by atoms with Crippen LogP contribution in [0.4, 0.5) is 14.9 Å². The molecule has 6 heteroatoms. The minimum Gasteiger partial charge on any atom is -0.393 e. The van der Waals surface area contributed by atoms with E-state index in [0.29, 0.717) is 30.0 Å². The Balaban J connectivity index is 2.42. The van der Waals surface area contributed by atoms with Crippen LogP contribution in [0, 0.1) is 5.82 Å². The van der Waals surface area contributed by atoms with E-state index < -0.39 is 12.1 Å². The molecule has 0 bridgehead atoms. The molecule has 0 saturated heterocycles. The van der Waals surface area contributed by atoms with Crippen LogP contribution in [0.3, 0.4) is 0 Å². The highest BCUT2D eigenvalue weighted by Crippen LogP contribution is 2.22. The van der Waals surface area contributed by atoms with Crippen molar-refractivity contribution in [2.45, 2.75) is 30.8 Å². The lowest BCUT2D eigenvalue weighted by Gasteiger charge is -2.10. The molecule has 0 heterocycles. The molecule has 0 aliphatic rings. The van der Waals surface area contributed by atoms with Gasteiger partial charge in [0.05, 0.1) is 6.10 Å². The number of thioether (sulfide) groups is 1. The van der Waals surface area contributed by atoms with Gasteiger partial charge in [-0.05, 0) is 37.3 Å². The van der Waals surface area contributed by atoms with Crippen molar-refractivity contribution in [1.82, 2.24) is 5.32 Å². The molecule has 0 aliphatic heterocycles. The van der Waals surface area contributed by atoms with Crippen LogP contribution in [0.15, 0.2) is 23.1 Å². The summed E-state index contributed by atoms with van der Waals surface area (Å²) in [5, 5.41) is 14.5. The largest absolute Gasteiger partial charge is 0.393 e. The smallest absolute Gasteiger partial charge is 0.319 e. The molecule has 1 rings (SSSR count). The fraction of sp³-hybridized carbons (Fsp3) is 0.462. The number of carbonyl (C=O) groups is 1. The summed E-state index contributed by atoms with van der Waals surface area (Å²) in [5.74, 6) is -0.355. The highest BCUT2D eigenvalue weighted by molar-refractivity contribution is 7.98. The molecule has 106 valence electrons. The van der Waals surface area contributed by atoms with E-state index in [4.69, 9.17) is 0 Å². The minimum absolute atomic E-state index is 0.355. The maximum Gasteiger partial charge on any atom is 0.319 e. The lowest BCUT2D eigenvalue weighted by Crippen LogP contribution is -2.31. The van der Waals surface area contributed by atoms with E-state index in [2.05, 4.69) is 10.6 Å². The summed E-state index contributed by atoms with van der Waals surface area (Å²) in [6, 6.07) is 4.15. The lowest BCUT2D eigenvalue weighted by molar-refractivity contribution is 0.160. The average Bonchev–Trinajstić information content (AvgIpc) is 2.38. The van der Waals surface area contributed by atoms with Gasteiger partial charge in [-0.3, -0.25) is 0 Å². The van der Waals surface area contributed by atoms with Crippen LogP contribution in [0.25, 0.3) is 0 Å². The average molecular weight is 286 g/mol. The normalized spacial score (nSPS) is 12.0. The Kier molecular flexibility index (Phi) is 6.66. The second kappa shape index (κ2) is 8.01. The summed E-state index contributed by atoms with van der Waals surface area (Å²) in [6.07, 6.45) is 2.55. The molecule has 0 radical (unpaired) electrons. The summed E-state index contributed by atoms with van der Waals surface area (Å²) in [7, 11) is 0. The fourth-order valence-corrected chi connectivity index (χ4v) is 1.93. The molecule has 1 atom stereocenters. The number of nitrogens with one attached hydrogen (secondary N) is 2. The molecule has 1 aromatic rings. The Morgan fingerprint density at radius 2 is 2.26 bits per heavy atom. The number of aliphatic hydroxyl groups excluding tert-OH is 1. The summed E-state index contributed by atoms with van der Waals surface area (Å²) < 4.78 is 13.5. The maximum atomic E-state index is 13.5. The van der Waals surface area contributed by atoms with E-state index >= 15 is 0 Å². The first-order chi connectivity index (χ1) is 9.06. The van der Waals surface area contributed by atoms with Crippen LogP contribution in [0.2, 0.25) is 0 Å². The number of anilines is 1. The monoisotopic (exact) mass is 286 g/mol. The molecule has 0 saturated carbocycles. The van der Waals surface area contributed by atoms with Gasteiger partial charge in [-0.2, -0.15) is 0 Å². The second-order valence-corrected chi connectivity index (χ2v) is 4.93. The predicted molar refractivity (Wildman–Crippen MR) is 76.1 cm³/mol. The van der Waals surface area contributed by atoms with E-state index in [-0.39, 0.29) is 5.82 Å². The SMILES string of the molecule is CCC(O)CCNC(=O)Nc1ccc(SC)c(F)c1. The third kappa shape index (κ3) is 5.48. The summed E-state index contributed by atoms with van der Waals surface area (Å²) >= 11 is 1.31. The molecule has 0 spiro atoms. The summed E-state index contributed by atoms with van der Waals surface area (Å²) in [4.78, 5) is 12.1. The van der Waals surface area contributed by atoms with E-state index in [0.717, 1.165) is 0 Å². The van der Waals surface area contributed by atoms with Gasteiger partial charge in [0.25, 0.3) is 0 Å². The number of carbonyl (C=O) groups excluding carboxylic acids is 1. The zero-order valence-electron chi connectivity index (χ0n) is 11.1. The first-order valence-electron chi connectivity index (χ1n) is 6.13. The van der Waals surface area contributed by atoms with Crippen LogP contribution in [-0.2, 0) is 0 Å². The first kappa shape index (κ1) is 15.8. The van der Waals surface area contributed by atoms with E-state index in [1.54, 1.807) is 18.4 Å². The molecule has 0 aromatic heterocycles. The zero-order valence-corrected chi connectivity index (χ0v) is 11.9. The molecule has 0 fully saturated rings. The molecule has 1 unspecified atom stereocenters. The number of halogens is 1. The number of rotatable bonds is 6. The van der Waals surface area contributed by atoms with Gasteiger partial charge in [0.2, 0.25) is 0 Å². The van der Waals surface area contributed by atoms with Crippen LogP contribution in [-0.4, -0.2) is 30.0 Å². The predicted octanol–water partition coefficient (Wildman–Crippen LogP) is 2.83. The molecule has 2 amide bonds. The van der Waals surface area contributed by atoms with Crippen LogP contribution < -0.4 is 10.6 Å². The third-order valence-corrected chi connectivity index (χ3v) is 3.41. The van der Waals surface area contributed by atoms with Crippen molar-refractivity contribution in [2.75, 3.05) is 18.1 Å². The van der Waals surface area contributed by atoms with Gasteiger partial charge in [-0.15, -0.1) is 11.8 Å². The van der Waals surface area contributed by atoms with Crippen molar-refractivity contribution in [1.29, 1.82) is 0 Å². The minimum atomic E-state index is -0.404. The van der Waals surface area contributed by atoms with Crippen molar-refractivity contribution < 1.29 is 14.3 Å². The van der Waals surface area contributed by atoms with Gasteiger partial charge in [0.1, 0.15) is 5.82 Å². The van der Waals surface area contributed by atoms with E-state index in [1.807, 2.05) is 6.92 Å². The van der Waals surface area contributed by atoms with Gasteiger partial charge < -0.3 is 15.7 Å². The number of aliphatic hydroxyl groups is 1. The first-order valence-corrected chi connectivity index (χ1v) is 7.35. The fourth-order valence-electron chi connectivity index (χ4n) is 1.48. The number of urea groups is 1. The summed E-state index contributed by atoms with van der Waals surface area (Å²) in [6.45, 7) is 2.26. The molecule has 4 nitrogen and oxygen atoms in total. The molecule has 1 aromatic carbocycles. The van der Waals surface area contributed by atoms with Gasteiger partial charge in [-0.25, -0.2) is 9.18 Å². The molecule has 19 heavy (non-hydrogen) atoms. The van der Waals surface area contributed by atoms with Gasteiger partial charge in [0.15, 0.2) is 0 Å². The highest BCUT2D eigenvalue weighted by atomic mass is 32.2. The highest BCUT2D eigenvalue weighted by Gasteiger charge is 2.06. The number of benzene rings is 1. The van der Waals surface area contributed by atoms with Gasteiger partial charge in [0, 0.05) is 17.1 Å². The van der Waals surface area contributed by atoms with E-state index in [9.17, 15) is 14.3 Å². The van der Waals surface area contributed by atoms with Gasteiger partial charge >= 0.3 is 6.03 Å². The second-order valence-electron chi connectivity index (χ2n) is 4.08. The Hall–Kier alpha value is -1.27. The number of hydrogen-bond donors (Lipinski definition) is 3. The van der Waals surface area contributed by atoms with E-state index in [1.165, 1.54) is 17.8 Å². The third-order valence-electron chi connectivity index (χ3n) is 2.64. The van der Waals surface area contributed by atoms with Crippen LogP contribution in [0.1, 0.15) is 19.8 Å². The Bertz CT molecular complexity index is 429. The topological polar surface area (TPSA) is 61.4 Å². The number of hydrogen-bond acceptors (Lipinski definition) is 3. The van der Waals surface area contributed by atoms with Crippen molar-refractivity contribution in [2.24, 2.45) is 0 Å². The van der Waals surface area contributed by atoms with Crippen molar-refractivity contribution in [3.05, 3.63) is 24.0 Å². The summed E-state index contributed by atoms with van der Waals surface area (Å²) in [5.41, 5.74) is 0.406.